The Kier molecular flexibility index (Phi) is 6.81. The first-order chi connectivity index (χ1) is 11.1. The molecule has 1 aromatic rings. The molecular formula is C19H26O4. The van der Waals surface area contributed by atoms with Gasteiger partial charge in [0.25, 0.3) is 0 Å². The topological polar surface area (TPSA) is 44.8 Å². The second-order valence-electron chi connectivity index (χ2n) is 5.97. The Morgan fingerprint density at radius 2 is 2.09 bits per heavy atom. The third kappa shape index (κ3) is 5.48. The Labute approximate surface area is 138 Å². The molecule has 0 radical (unpaired) electrons. The van der Waals surface area contributed by atoms with Crippen LogP contribution in [0.3, 0.4) is 0 Å². The molecule has 1 heterocycles. The Balaban J connectivity index is 1.83. The summed E-state index contributed by atoms with van der Waals surface area (Å²) in [5.41, 5.74) is 2.17. The number of esters is 1. The van der Waals surface area contributed by atoms with Crippen LogP contribution in [0.25, 0.3) is 0 Å². The van der Waals surface area contributed by atoms with Crippen molar-refractivity contribution < 1.29 is 19.0 Å². The first-order valence-corrected chi connectivity index (χ1v) is 8.21. The third-order valence-electron chi connectivity index (χ3n) is 4.10. The van der Waals surface area contributed by atoms with Crippen LogP contribution >= 0.6 is 0 Å². The van der Waals surface area contributed by atoms with Crippen molar-refractivity contribution in [3.05, 3.63) is 48.0 Å². The molecule has 1 saturated heterocycles. The minimum absolute atomic E-state index is 0.125. The van der Waals surface area contributed by atoms with Crippen molar-refractivity contribution in [2.75, 3.05) is 13.2 Å². The van der Waals surface area contributed by atoms with Gasteiger partial charge in [-0.15, -0.1) is 0 Å². The second kappa shape index (κ2) is 8.85. The van der Waals surface area contributed by atoms with Gasteiger partial charge >= 0.3 is 5.97 Å². The molecule has 1 aliphatic rings. The second-order valence-corrected chi connectivity index (χ2v) is 5.97. The zero-order chi connectivity index (χ0) is 16.7. The number of carbonyl (C=O) groups is 1. The van der Waals surface area contributed by atoms with Crippen molar-refractivity contribution in [2.45, 2.75) is 45.5 Å². The lowest BCUT2D eigenvalue weighted by atomic mass is 9.88. The monoisotopic (exact) mass is 318 g/mol. The molecule has 0 bridgehead atoms. The van der Waals surface area contributed by atoms with E-state index in [2.05, 4.69) is 13.5 Å². The van der Waals surface area contributed by atoms with Crippen molar-refractivity contribution in [1.82, 2.24) is 0 Å². The molecule has 2 rings (SSSR count). The van der Waals surface area contributed by atoms with E-state index >= 15 is 0 Å². The summed E-state index contributed by atoms with van der Waals surface area (Å²) < 4.78 is 16.8. The summed E-state index contributed by atoms with van der Waals surface area (Å²) in [5, 5.41) is 0. The van der Waals surface area contributed by atoms with E-state index in [0.717, 1.165) is 17.6 Å². The SMILES string of the molecule is C=C1[C@H](C)C[C@H](CC(=O)OCC)O[C@@H]1COCc1ccccc1. The zero-order valence-corrected chi connectivity index (χ0v) is 14.0. The van der Waals surface area contributed by atoms with Crippen molar-refractivity contribution in [1.29, 1.82) is 0 Å². The quantitative estimate of drug-likeness (QED) is 0.570. The van der Waals surface area contributed by atoms with Gasteiger partial charge < -0.3 is 14.2 Å². The Hall–Kier alpha value is -1.65. The van der Waals surface area contributed by atoms with Gasteiger partial charge in [-0.2, -0.15) is 0 Å². The van der Waals surface area contributed by atoms with Gasteiger partial charge in [-0.1, -0.05) is 43.8 Å². The van der Waals surface area contributed by atoms with Crippen LogP contribution in [0.4, 0.5) is 0 Å². The van der Waals surface area contributed by atoms with Gasteiger partial charge in [0.15, 0.2) is 0 Å². The molecule has 0 saturated carbocycles. The van der Waals surface area contributed by atoms with Crippen LogP contribution in [0.1, 0.15) is 32.3 Å². The lowest BCUT2D eigenvalue weighted by Gasteiger charge is -2.35. The Morgan fingerprint density at radius 1 is 1.35 bits per heavy atom. The van der Waals surface area contributed by atoms with Gasteiger partial charge in [0.2, 0.25) is 0 Å². The van der Waals surface area contributed by atoms with Gasteiger partial charge in [0.1, 0.15) is 6.10 Å². The molecule has 4 nitrogen and oxygen atoms in total. The van der Waals surface area contributed by atoms with Crippen molar-refractivity contribution in [3.8, 4) is 0 Å². The van der Waals surface area contributed by atoms with Crippen molar-refractivity contribution >= 4 is 5.97 Å². The molecule has 1 fully saturated rings. The molecular weight excluding hydrogens is 292 g/mol. The average Bonchev–Trinajstić information content (AvgIpc) is 2.53. The first kappa shape index (κ1) is 17.7. The summed E-state index contributed by atoms with van der Waals surface area (Å²) in [6.45, 7) is 9.46. The average molecular weight is 318 g/mol. The fraction of sp³-hybridized carbons (Fsp3) is 0.526. The van der Waals surface area contributed by atoms with Gasteiger partial charge in [-0.25, -0.2) is 0 Å². The summed E-state index contributed by atoms with van der Waals surface area (Å²) in [6, 6.07) is 10.0. The number of rotatable bonds is 7. The molecule has 0 aromatic heterocycles. The molecule has 4 heteroatoms. The maximum atomic E-state index is 11.6. The van der Waals surface area contributed by atoms with Gasteiger partial charge in [-0.05, 0) is 30.4 Å². The van der Waals surface area contributed by atoms with E-state index in [1.807, 2.05) is 37.3 Å². The Bertz CT molecular complexity index is 511. The van der Waals surface area contributed by atoms with Crippen molar-refractivity contribution in [2.24, 2.45) is 5.92 Å². The standard InChI is InChI=1S/C19H26O4/c1-4-22-19(20)11-17-10-14(2)15(3)18(23-17)13-21-12-16-8-6-5-7-9-16/h5-9,14,17-18H,3-4,10-13H2,1-2H3/t14-,17-,18-/m1/s1. The number of ether oxygens (including phenoxy) is 3. The Morgan fingerprint density at radius 3 is 2.78 bits per heavy atom. The van der Waals surface area contributed by atoms with E-state index in [0.29, 0.717) is 32.2 Å². The molecule has 0 N–H and O–H groups in total. The highest BCUT2D eigenvalue weighted by molar-refractivity contribution is 5.70. The summed E-state index contributed by atoms with van der Waals surface area (Å²) in [5.74, 6) is 0.106. The summed E-state index contributed by atoms with van der Waals surface area (Å²) in [6.07, 6.45) is 0.801. The molecule has 1 aliphatic heterocycles. The number of benzene rings is 1. The minimum Gasteiger partial charge on any atom is -0.466 e. The normalized spacial score (nSPS) is 24.4. The first-order valence-electron chi connectivity index (χ1n) is 8.21. The molecule has 3 atom stereocenters. The van der Waals surface area contributed by atoms with E-state index in [1.54, 1.807) is 0 Å². The highest BCUT2D eigenvalue weighted by Crippen LogP contribution is 2.30. The largest absolute Gasteiger partial charge is 0.466 e. The maximum absolute atomic E-state index is 11.6. The van der Waals surface area contributed by atoms with Crippen LogP contribution in [0.15, 0.2) is 42.5 Å². The summed E-state index contributed by atoms with van der Waals surface area (Å²) in [7, 11) is 0. The van der Waals surface area contributed by atoms with Gasteiger partial charge in [-0.3, -0.25) is 4.79 Å². The molecule has 1 aromatic carbocycles. The summed E-state index contributed by atoms with van der Waals surface area (Å²) in [4.78, 5) is 11.6. The van der Waals surface area contributed by atoms with Crippen LogP contribution in [-0.2, 0) is 25.6 Å². The fourth-order valence-electron chi connectivity index (χ4n) is 2.78. The predicted octanol–water partition coefficient (Wildman–Crippen LogP) is 3.51. The third-order valence-corrected chi connectivity index (χ3v) is 4.10. The molecule has 0 spiro atoms. The van der Waals surface area contributed by atoms with E-state index in [4.69, 9.17) is 14.2 Å². The molecule has 0 aliphatic carbocycles. The van der Waals surface area contributed by atoms with Gasteiger partial charge in [0.05, 0.1) is 32.3 Å². The number of carbonyl (C=O) groups excluding carboxylic acids is 1. The van der Waals surface area contributed by atoms with Crippen molar-refractivity contribution in [3.63, 3.8) is 0 Å². The molecule has 0 amide bonds. The van der Waals surface area contributed by atoms with E-state index in [-0.39, 0.29) is 18.2 Å². The smallest absolute Gasteiger partial charge is 0.308 e. The number of hydrogen-bond acceptors (Lipinski definition) is 4. The highest BCUT2D eigenvalue weighted by atomic mass is 16.6. The minimum atomic E-state index is -0.207. The van der Waals surface area contributed by atoms with Crippen LogP contribution in [0.5, 0.6) is 0 Å². The van der Waals surface area contributed by atoms with Gasteiger partial charge in [0, 0.05) is 0 Å². The molecule has 23 heavy (non-hydrogen) atoms. The van der Waals surface area contributed by atoms with E-state index in [1.165, 1.54) is 0 Å². The van der Waals surface area contributed by atoms with E-state index < -0.39 is 0 Å². The fourth-order valence-corrected chi connectivity index (χ4v) is 2.78. The predicted molar refractivity (Wildman–Crippen MR) is 88.9 cm³/mol. The molecule has 126 valence electrons. The van der Waals surface area contributed by atoms with Crippen LogP contribution < -0.4 is 0 Å². The van der Waals surface area contributed by atoms with Crippen LogP contribution in [-0.4, -0.2) is 31.4 Å². The zero-order valence-electron chi connectivity index (χ0n) is 14.0. The summed E-state index contributed by atoms with van der Waals surface area (Å²) >= 11 is 0. The van der Waals surface area contributed by atoms with Crippen LogP contribution in [0, 0.1) is 5.92 Å². The highest BCUT2D eigenvalue weighted by Gasteiger charge is 2.32. The van der Waals surface area contributed by atoms with E-state index in [9.17, 15) is 4.79 Å². The number of hydrogen-bond donors (Lipinski definition) is 0. The lowest BCUT2D eigenvalue weighted by Crippen LogP contribution is -2.38. The van der Waals surface area contributed by atoms with Crippen LogP contribution in [0.2, 0.25) is 0 Å². The maximum Gasteiger partial charge on any atom is 0.308 e. The lowest BCUT2D eigenvalue weighted by molar-refractivity contribution is -0.149. The molecule has 0 unspecified atom stereocenters.